The van der Waals surface area contributed by atoms with Crippen molar-refractivity contribution < 1.29 is 4.79 Å². The molecule has 1 aliphatic carbocycles. The summed E-state index contributed by atoms with van der Waals surface area (Å²) in [6.07, 6.45) is 2.34. The van der Waals surface area contributed by atoms with Gasteiger partial charge in [-0.05, 0) is 36.5 Å². The zero-order valence-corrected chi connectivity index (χ0v) is 14.2. The fourth-order valence-electron chi connectivity index (χ4n) is 2.46. The molecule has 1 saturated carbocycles. The Morgan fingerprint density at radius 3 is 2.86 bits per heavy atom. The third kappa shape index (κ3) is 3.14. The molecule has 1 fully saturated rings. The van der Waals surface area contributed by atoms with Gasteiger partial charge in [-0.2, -0.15) is 0 Å². The molecule has 0 unspecified atom stereocenters. The number of rotatable bonds is 5. The van der Waals surface area contributed by atoms with E-state index in [9.17, 15) is 4.79 Å². The molecule has 3 N–H and O–H groups in total. The van der Waals surface area contributed by atoms with Crippen LogP contribution in [0, 0.1) is 0 Å². The first-order valence-electron chi connectivity index (χ1n) is 6.97. The van der Waals surface area contributed by atoms with E-state index in [0.717, 1.165) is 21.6 Å². The van der Waals surface area contributed by atoms with Crippen molar-refractivity contribution in [2.24, 2.45) is 0 Å². The van der Waals surface area contributed by atoms with Crippen LogP contribution < -0.4 is 11.1 Å². The lowest BCUT2D eigenvalue weighted by Gasteiger charge is -2.08. The molecule has 0 amide bonds. The van der Waals surface area contributed by atoms with Crippen LogP contribution in [0.3, 0.4) is 0 Å². The summed E-state index contributed by atoms with van der Waals surface area (Å²) in [4.78, 5) is 12.4. The van der Waals surface area contributed by atoms with Crippen molar-refractivity contribution in [3.63, 3.8) is 0 Å². The lowest BCUT2D eigenvalue weighted by Crippen LogP contribution is -2.01. The number of nitrogens with two attached hydrogens (primary N) is 1. The van der Waals surface area contributed by atoms with Gasteiger partial charge in [-0.15, -0.1) is 11.3 Å². The second-order valence-electron chi connectivity index (χ2n) is 5.40. The fraction of sp³-hybridized carbons (Fsp3) is 0.312. The van der Waals surface area contributed by atoms with Gasteiger partial charge in [-0.1, -0.05) is 28.1 Å². The molecule has 2 aromatic rings. The summed E-state index contributed by atoms with van der Waals surface area (Å²) in [6, 6.07) is 8.20. The van der Waals surface area contributed by atoms with Gasteiger partial charge in [0.25, 0.3) is 0 Å². The highest BCUT2D eigenvalue weighted by Gasteiger charge is 2.32. The number of anilines is 2. The van der Waals surface area contributed by atoms with Crippen molar-refractivity contribution in [3.8, 4) is 0 Å². The van der Waals surface area contributed by atoms with Crippen LogP contribution in [0.4, 0.5) is 10.7 Å². The molecule has 0 atom stereocenters. The Balaban J connectivity index is 1.84. The average Bonchev–Trinajstić information content (AvgIpc) is 3.20. The van der Waals surface area contributed by atoms with Crippen molar-refractivity contribution in [1.29, 1.82) is 0 Å². The van der Waals surface area contributed by atoms with E-state index in [1.165, 1.54) is 29.7 Å². The minimum Gasteiger partial charge on any atom is -0.397 e. The van der Waals surface area contributed by atoms with E-state index in [4.69, 9.17) is 5.73 Å². The second kappa shape index (κ2) is 5.81. The molecule has 1 aliphatic rings. The van der Waals surface area contributed by atoms with Crippen LogP contribution in [0.25, 0.3) is 0 Å². The lowest BCUT2D eigenvalue weighted by atomic mass is 10.1. The summed E-state index contributed by atoms with van der Waals surface area (Å²) < 4.78 is 1.07. The number of nitrogens with one attached hydrogen (secondary N) is 1. The first-order chi connectivity index (χ1) is 10.1. The first kappa shape index (κ1) is 14.6. The maximum absolute atomic E-state index is 11.7. The molecule has 0 spiro atoms. The van der Waals surface area contributed by atoms with E-state index in [1.807, 2.05) is 12.1 Å². The normalized spacial score (nSPS) is 14.2. The largest absolute Gasteiger partial charge is 0.397 e. The predicted octanol–water partition coefficient (Wildman–Crippen LogP) is 4.78. The molecule has 3 rings (SSSR count). The summed E-state index contributed by atoms with van der Waals surface area (Å²) >= 11 is 4.97. The fourth-order valence-corrected chi connectivity index (χ4v) is 4.00. The van der Waals surface area contributed by atoms with Crippen LogP contribution >= 0.6 is 27.3 Å². The molecule has 1 aromatic carbocycles. The summed E-state index contributed by atoms with van der Waals surface area (Å²) in [6.45, 7) is 2.31. The number of Topliss-reactive ketones (excluding diaryl/α,β-unsaturated/α-hetero) is 1. The number of ketones is 1. The number of hydrogen-bond donors (Lipinski definition) is 2. The number of benzene rings is 1. The minimum absolute atomic E-state index is 0.0508. The Morgan fingerprint density at radius 1 is 1.48 bits per heavy atom. The summed E-state index contributed by atoms with van der Waals surface area (Å²) in [5.74, 6) is 0.578. The molecule has 0 radical (unpaired) electrons. The number of thiophene rings is 1. The third-order valence-corrected chi connectivity index (χ3v) is 5.40. The Labute approximate surface area is 136 Å². The highest BCUT2D eigenvalue weighted by atomic mass is 79.9. The topological polar surface area (TPSA) is 55.1 Å². The highest BCUT2D eigenvalue weighted by molar-refractivity contribution is 9.10. The average molecular weight is 365 g/mol. The van der Waals surface area contributed by atoms with Gasteiger partial charge in [0.05, 0.1) is 15.6 Å². The van der Waals surface area contributed by atoms with Crippen LogP contribution in [0.15, 0.2) is 28.7 Å². The van der Waals surface area contributed by atoms with Crippen molar-refractivity contribution in [3.05, 3.63) is 44.7 Å². The zero-order chi connectivity index (χ0) is 15.0. The predicted molar refractivity (Wildman–Crippen MR) is 92.2 cm³/mol. The Hall–Kier alpha value is -1.33. The quantitative estimate of drug-likeness (QED) is 0.750. The second-order valence-corrected chi connectivity index (χ2v) is 7.34. The number of carbonyl (C=O) groups excluding carboxylic acids is 1. The van der Waals surface area contributed by atoms with Crippen molar-refractivity contribution in [2.45, 2.75) is 32.2 Å². The van der Waals surface area contributed by atoms with Crippen LogP contribution in [-0.2, 0) is 6.54 Å². The Bertz CT molecular complexity index is 692. The molecule has 0 saturated heterocycles. The molecule has 3 nitrogen and oxygen atoms in total. The number of carbonyl (C=O) groups is 1. The lowest BCUT2D eigenvalue weighted by molar-refractivity contribution is 0.102. The van der Waals surface area contributed by atoms with Crippen LogP contribution in [0.5, 0.6) is 0 Å². The van der Waals surface area contributed by atoms with E-state index in [-0.39, 0.29) is 5.78 Å². The first-order valence-corrected chi connectivity index (χ1v) is 8.58. The summed E-state index contributed by atoms with van der Waals surface area (Å²) in [5.41, 5.74) is 9.22. The molecule has 0 bridgehead atoms. The van der Waals surface area contributed by atoms with Crippen LogP contribution in [0.2, 0.25) is 0 Å². The van der Waals surface area contributed by atoms with Crippen LogP contribution in [-0.4, -0.2) is 5.78 Å². The van der Waals surface area contributed by atoms with Gasteiger partial charge in [0.1, 0.15) is 0 Å². The molecule has 21 heavy (non-hydrogen) atoms. The molecule has 0 aliphatic heterocycles. The van der Waals surface area contributed by atoms with Crippen LogP contribution in [0.1, 0.15) is 46.5 Å². The Kier molecular flexibility index (Phi) is 4.04. The van der Waals surface area contributed by atoms with Gasteiger partial charge in [0.2, 0.25) is 0 Å². The van der Waals surface area contributed by atoms with Gasteiger partial charge in [0.15, 0.2) is 5.78 Å². The molecule has 1 heterocycles. The van der Waals surface area contributed by atoms with E-state index < -0.39 is 0 Å². The molecular formula is C16H17BrN2OS. The zero-order valence-electron chi connectivity index (χ0n) is 11.8. The van der Waals surface area contributed by atoms with Crippen molar-refractivity contribution in [2.75, 3.05) is 11.1 Å². The smallest absolute Gasteiger partial charge is 0.171 e. The number of hydrogen-bond acceptors (Lipinski definition) is 4. The van der Waals surface area contributed by atoms with Crippen molar-refractivity contribution in [1.82, 2.24) is 0 Å². The Morgan fingerprint density at radius 2 is 2.24 bits per heavy atom. The standard InChI is InChI=1S/C16H17BrN2OS/c1-9(20)15-14(18)13(11-5-6-11)16(21-15)19-8-10-3-2-4-12(17)7-10/h2-4,7,11,19H,5-6,8,18H2,1H3. The van der Waals surface area contributed by atoms with Gasteiger partial charge in [-0.3, -0.25) is 4.79 Å². The van der Waals surface area contributed by atoms with E-state index in [1.54, 1.807) is 6.92 Å². The number of halogens is 1. The minimum atomic E-state index is 0.0508. The van der Waals surface area contributed by atoms with E-state index in [0.29, 0.717) is 16.5 Å². The SMILES string of the molecule is CC(=O)c1sc(NCc2cccc(Br)c2)c(C2CC2)c1N. The number of nitrogen functional groups attached to an aromatic ring is 1. The third-order valence-electron chi connectivity index (χ3n) is 3.63. The van der Waals surface area contributed by atoms with Gasteiger partial charge in [0, 0.05) is 23.5 Å². The maximum atomic E-state index is 11.7. The highest BCUT2D eigenvalue weighted by Crippen LogP contribution is 2.50. The molecule has 5 heteroatoms. The van der Waals surface area contributed by atoms with Crippen molar-refractivity contribution >= 4 is 43.7 Å². The van der Waals surface area contributed by atoms with E-state index in [2.05, 4.69) is 33.4 Å². The molecule has 1 aromatic heterocycles. The monoisotopic (exact) mass is 364 g/mol. The van der Waals surface area contributed by atoms with Gasteiger partial charge >= 0.3 is 0 Å². The molecule has 110 valence electrons. The molecular weight excluding hydrogens is 348 g/mol. The summed E-state index contributed by atoms with van der Waals surface area (Å²) in [7, 11) is 0. The summed E-state index contributed by atoms with van der Waals surface area (Å²) in [5, 5.41) is 4.52. The van der Waals surface area contributed by atoms with Gasteiger partial charge in [-0.25, -0.2) is 0 Å². The van der Waals surface area contributed by atoms with Gasteiger partial charge < -0.3 is 11.1 Å². The van der Waals surface area contributed by atoms with E-state index >= 15 is 0 Å². The maximum Gasteiger partial charge on any atom is 0.171 e.